The summed E-state index contributed by atoms with van der Waals surface area (Å²) in [7, 11) is 1.59. The van der Waals surface area contributed by atoms with Gasteiger partial charge in [0, 0.05) is 0 Å². The number of amides is 1. The van der Waals surface area contributed by atoms with Crippen LogP contribution in [0.15, 0.2) is 53.9 Å². The minimum Gasteiger partial charge on any atom is -0.410 e. The van der Waals surface area contributed by atoms with Crippen LogP contribution >= 0.6 is 0 Å². The Morgan fingerprint density at radius 1 is 1.30 bits per heavy atom. The Morgan fingerprint density at radius 3 is 2.65 bits per heavy atom. The molecule has 5 nitrogen and oxygen atoms in total. The first-order valence-corrected chi connectivity index (χ1v) is 6.36. The maximum Gasteiger partial charge on any atom is 0.417 e. The number of ether oxygens (including phenoxy) is 1. The molecule has 1 aromatic carbocycles. The summed E-state index contributed by atoms with van der Waals surface area (Å²) in [5, 5.41) is 4.36. The zero-order valence-corrected chi connectivity index (χ0v) is 11.8. The number of hydrogen-bond acceptors (Lipinski definition) is 4. The highest BCUT2D eigenvalue weighted by Gasteiger charge is 2.19. The van der Waals surface area contributed by atoms with Gasteiger partial charge in [0.25, 0.3) is 0 Å². The maximum atomic E-state index is 11.8. The highest BCUT2D eigenvalue weighted by Crippen LogP contribution is 2.19. The van der Waals surface area contributed by atoms with Gasteiger partial charge in [-0.3, -0.25) is 15.2 Å². The maximum absolute atomic E-state index is 11.8. The molecule has 1 aliphatic rings. The van der Waals surface area contributed by atoms with Gasteiger partial charge in [-0.1, -0.05) is 18.2 Å². The largest absolute Gasteiger partial charge is 0.417 e. The van der Waals surface area contributed by atoms with Crippen molar-refractivity contribution in [2.24, 2.45) is 0 Å². The van der Waals surface area contributed by atoms with E-state index in [0.717, 1.165) is 5.57 Å². The molecule has 20 heavy (non-hydrogen) atoms. The lowest BCUT2D eigenvalue weighted by Gasteiger charge is -2.30. The fourth-order valence-electron chi connectivity index (χ4n) is 1.87. The van der Waals surface area contributed by atoms with Gasteiger partial charge in [-0.2, -0.15) is 0 Å². The monoisotopic (exact) mass is 274 g/mol. The molecule has 5 heteroatoms. The Bertz CT molecular complexity index is 537. The number of hydroxylamine groups is 2. The van der Waals surface area contributed by atoms with Gasteiger partial charge in [-0.25, -0.2) is 4.79 Å². The molecule has 1 aliphatic heterocycles. The Labute approximate surface area is 118 Å². The topological polar surface area (TPSA) is 50.8 Å². The number of nitrogens with one attached hydrogen (secondary N) is 1. The molecule has 2 rings (SSSR count). The first-order chi connectivity index (χ1) is 9.60. The first kappa shape index (κ1) is 14.1. The van der Waals surface area contributed by atoms with E-state index in [9.17, 15) is 4.79 Å². The van der Waals surface area contributed by atoms with Crippen LogP contribution in [0.5, 0.6) is 5.75 Å². The molecular formula is C15H18N2O3. The van der Waals surface area contributed by atoms with Crippen LogP contribution < -0.4 is 10.1 Å². The predicted molar refractivity (Wildman–Crippen MR) is 75.8 cm³/mol. The standard InChI is InChI=1S/C15H18N2O3/c1-11-9-13(10-17(19-3)12(11)2)16-15(18)20-14-7-5-4-6-8-14/h4-10,12H,1-3H3,(H,16,18). The third kappa shape index (κ3) is 3.39. The van der Waals surface area contributed by atoms with Crippen LogP contribution in [0, 0.1) is 0 Å². The molecule has 1 aromatic rings. The van der Waals surface area contributed by atoms with E-state index in [1.807, 2.05) is 26.0 Å². The summed E-state index contributed by atoms with van der Waals surface area (Å²) in [5.74, 6) is 0.499. The second-order valence-electron chi connectivity index (χ2n) is 4.52. The van der Waals surface area contributed by atoms with Crippen molar-refractivity contribution in [3.05, 3.63) is 53.9 Å². The van der Waals surface area contributed by atoms with E-state index >= 15 is 0 Å². The molecule has 1 unspecified atom stereocenters. The molecule has 0 saturated heterocycles. The second kappa shape index (κ2) is 6.25. The van der Waals surface area contributed by atoms with E-state index < -0.39 is 6.09 Å². The average molecular weight is 274 g/mol. The number of benzene rings is 1. The van der Waals surface area contributed by atoms with Crippen LogP contribution in [-0.4, -0.2) is 24.3 Å². The van der Waals surface area contributed by atoms with Crippen LogP contribution in [0.3, 0.4) is 0 Å². The number of hydrogen-bond donors (Lipinski definition) is 1. The van der Waals surface area contributed by atoms with Gasteiger partial charge in [0.05, 0.1) is 25.0 Å². The van der Waals surface area contributed by atoms with Crippen molar-refractivity contribution in [1.29, 1.82) is 0 Å². The smallest absolute Gasteiger partial charge is 0.410 e. The van der Waals surface area contributed by atoms with E-state index in [1.54, 1.807) is 42.6 Å². The van der Waals surface area contributed by atoms with Crippen LogP contribution in [0.1, 0.15) is 13.8 Å². The lowest BCUT2D eigenvalue weighted by atomic mass is 10.1. The predicted octanol–water partition coefficient (Wildman–Crippen LogP) is 2.83. The summed E-state index contributed by atoms with van der Waals surface area (Å²) < 4.78 is 5.17. The van der Waals surface area contributed by atoms with E-state index in [0.29, 0.717) is 11.4 Å². The Kier molecular flexibility index (Phi) is 4.42. The van der Waals surface area contributed by atoms with E-state index in [-0.39, 0.29) is 6.04 Å². The molecular weight excluding hydrogens is 256 g/mol. The van der Waals surface area contributed by atoms with Crippen molar-refractivity contribution in [3.63, 3.8) is 0 Å². The van der Waals surface area contributed by atoms with E-state index in [1.165, 1.54) is 0 Å². The van der Waals surface area contributed by atoms with E-state index in [4.69, 9.17) is 9.57 Å². The third-order valence-electron chi connectivity index (χ3n) is 3.10. The summed E-state index contributed by atoms with van der Waals surface area (Å²) in [4.78, 5) is 17.0. The Morgan fingerprint density at radius 2 is 2.00 bits per heavy atom. The SMILES string of the molecule is CON1C=C(NC(=O)Oc2ccccc2)C=C(C)C1C. The summed E-state index contributed by atoms with van der Waals surface area (Å²) in [6, 6.07) is 9.05. The molecule has 1 N–H and O–H groups in total. The number of para-hydroxylation sites is 1. The average Bonchev–Trinajstić information content (AvgIpc) is 2.43. The summed E-state index contributed by atoms with van der Waals surface area (Å²) in [6.45, 7) is 4.00. The van der Waals surface area contributed by atoms with Crippen molar-refractivity contribution in [1.82, 2.24) is 10.4 Å². The lowest BCUT2D eigenvalue weighted by molar-refractivity contribution is -0.108. The van der Waals surface area contributed by atoms with Gasteiger partial charge in [-0.05, 0) is 37.6 Å². The molecule has 106 valence electrons. The van der Waals surface area contributed by atoms with Crippen LogP contribution in [0.2, 0.25) is 0 Å². The second-order valence-corrected chi connectivity index (χ2v) is 4.52. The molecule has 0 fully saturated rings. The first-order valence-electron chi connectivity index (χ1n) is 6.36. The van der Waals surface area contributed by atoms with Crippen molar-refractivity contribution in [2.75, 3.05) is 7.11 Å². The highest BCUT2D eigenvalue weighted by molar-refractivity contribution is 5.73. The fourth-order valence-corrected chi connectivity index (χ4v) is 1.87. The molecule has 0 spiro atoms. The Balaban J connectivity index is 2.01. The molecule has 1 heterocycles. The summed E-state index contributed by atoms with van der Waals surface area (Å²) >= 11 is 0. The van der Waals surface area contributed by atoms with Crippen molar-refractivity contribution < 1.29 is 14.4 Å². The van der Waals surface area contributed by atoms with Crippen molar-refractivity contribution in [2.45, 2.75) is 19.9 Å². The quantitative estimate of drug-likeness (QED) is 0.920. The van der Waals surface area contributed by atoms with Crippen LogP contribution in [-0.2, 0) is 4.84 Å². The number of rotatable bonds is 3. The summed E-state index contributed by atoms with van der Waals surface area (Å²) in [5.41, 5.74) is 1.72. The van der Waals surface area contributed by atoms with Gasteiger partial charge in [0.15, 0.2) is 0 Å². The lowest BCUT2D eigenvalue weighted by Crippen LogP contribution is -2.35. The van der Waals surface area contributed by atoms with Gasteiger partial charge in [0.1, 0.15) is 5.75 Å². The number of nitrogens with zero attached hydrogens (tertiary/aromatic N) is 1. The molecule has 0 saturated carbocycles. The normalized spacial score (nSPS) is 18.1. The summed E-state index contributed by atoms with van der Waals surface area (Å²) in [6.07, 6.45) is 3.09. The van der Waals surface area contributed by atoms with Gasteiger partial charge < -0.3 is 4.74 Å². The van der Waals surface area contributed by atoms with Crippen LogP contribution in [0.4, 0.5) is 4.79 Å². The molecule has 1 amide bonds. The minimum absolute atomic E-state index is 0.135. The van der Waals surface area contributed by atoms with E-state index in [2.05, 4.69) is 5.32 Å². The fraction of sp³-hybridized carbons (Fsp3) is 0.267. The third-order valence-corrected chi connectivity index (χ3v) is 3.10. The molecule has 0 bridgehead atoms. The van der Waals surface area contributed by atoms with Crippen molar-refractivity contribution >= 4 is 6.09 Å². The number of allylic oxidation sites excluding steroid dienone is 1. The zero-order chi connectivity index (χ0) is 14.5. The minimum atomic E-state index is -0.530. The van der Waals surface area contributed by atoms with Crippen LogP contribution in [0.25, 0.3) is 0 Å². The zero-order valence-electron chi connectivity index (χ0n) is 11.8. The van der Waals surface area contributed by atoms with Gasteiger partial charge in [-0.15, -0.1) is 0 Å². The molecule has 0 aromatic heterocycles. The number of carbonyl (C=O) groups excluding carboxylic acids is 1. The molecule has 1 atom stereocenters. The highest BCUT2D eigenvalue weighted by atomic mass is 16.7. The van der Waals surface area contributed by atoms with Gasteiger partial charge in [0.2, 0.25) is 0 Å². The van der Waals surface area contributed by atoms with Gasteiger partial charge >= 0.3 is 6.09 Å². The molecule has 0 aliphatic carbocycles. The molecule has 0 radical (unpaired) electrons. The Hall–Kier alpha value is -2.27. The number of carbonyl (C=O) groups is 1. The van der Waals surface area contributed by atoms with Crippen molar-refractivity contribution in [3.8, 4) is 5.75 Å².